The molecule has 0 aliphatic rings. The minimum Gasteiger partial charge on any atom is -0.490 e. The first kappa shape index (κ1) is 23.5. The molecule has 168 valence electrons. The molecular weight excluding hydrogens is 478 g/mol. The van der Waals surface area contributed by atoms with Crippen molar-refractivity contribution in [1.29, 1.82) is 0 Å². The molecule has 1 heterocycles. The van der Waals surface area contributed by atoms with Crippen molar-refractivity contribution in [2.24, 2.45) is 5.10 Å². The molecule has 0 fully saturated rings. The summed E-state index contributed by atoms with van der Waals surface area (Å²) in [5.74, 6) is 0.882. The fourth-order valence-corrected chi connectivity index (χ4v) is 3.35. The van der Waals surface area contributed by atoms with E-state index in [4.69, 9.17) is 14.2 Å². The molecule has 0 spiro atoms. The van der Waals surface area contributed by atoms with E-state index < -0.39 is 12.1 Å². The fraction of sp³-hybridized carbons (Fsp3) is 0.304. The highest BCUT2D eigenvalue weighted by Crippen LogP contribution is 2.29. The molecule has 0 bridgehead atoms. The molecule has 8 nitrogen and oxygen atoms in total. The number of nitrogens with zero attached hydrogens (tertiary/aromatic N) is 3. The molecule has 0 radical (unpaired) electrons. The maximum absolute atomic E-state index is 12.9. The second-order valence-corrected chi connectivity index (χ2v) is 7.75. The van der Waals surface area contributed by atoms with Gasteiger partial charge in [-0.3, -0.25) is 4.79 Å². The molecule has 0 unspecified atom stereocenters. The Morgan fingerprint density at radius 1 is 1.19 bits per heavy atom. The van der Waals surface area contributed by atoms with Crippen LogP contribution in [0.5, 0.6) is 11.5 Å². The monoisotopic (exact) mass is 501 g/mol. The summed E-state index contributed by atoms with van der Waals surface area (Å²) >= 11 is 3.38. The Morgan fingerprint density at radius 2 is 1.97 bits per heavy atom. The number of halogens is 1. The number of rotatable bonds is 8. The molecular formula is C23H24BrN3O5. The molecule has 1 atom stereocenters. The van der Waals surface area contributed by atoms with Crippen LogP contribution in [0.25, 0.3) is 10.9 Å². The highest BCUT2D eigenvalue weighted by Gasteiger charge is 2.18. The molecule has 3 rings (SSSR count). The number of aryl methyl sites for hydroxylation is 1. The van der Waals surface area contributed by atoms with Gasteiger partial charge in [0.1, 0.15) is 5.82 Å². The number of fused-ring (bicyclic) bond motifs is 1. The zero-order valence-electron chi connectivity index (χ0n) is 18.3. The first-order valence-electron chi connectivity index (χ1n) is 10.2. The number of carbonyl (C=O) groups excluding carboxylic acids is 1. The van der Waals surface area contributed by atoms with E-state index in [0.717, 1.165) is 4.47 Å². The summed E-state index contributed by atoms with van der Waals surface area (Å²) in [6.07, 6.45) is 0.763. The number of hydrogen-bond donors (Lipinski definition) is 0. The van der Waals surface area contributed by atoms with E-state index in [1.54, 1.807) is 57.3 Å². The van der Waals surface area contributed by atoms with Gasteiger partial charge < -0.3 is 14.2 Å². The van der Waals surface area contributed by atoms with E-state index in [-0.39, 0.29) is 12.2 Å². The van der Waals surface area contributed by atoms with Gasteiger partial charge in [0.15, 0.2) is 17.6 Å². The van der Waals surface area contributed by atoms with Crippen LogP contribution in [0.1, 0.15) is 32.2 Å². The quantitative estimate of drug-likeness (QED) is 0.341. The molecule has 0 amide bonds. The van der Waals surface area contributed by atoms with Crippen LogP contribution in [-0.2, 0) is 9.53 Å². The number of carbonyl (C=O) groups is 1. The third kappa shape index (κ3) is 5.34. The van der Waals surface area contributed by atoms with E-state index in [1.807, 2.05) is 13.0 Å². The third-order valence-corrected chi connectivity index (χ3v) is 4.98. The Bertz CT molecular complexity index is 1220. The average molecular weight is 502 g/mol. The normalized spacial score (nSPS) is 12.2. The molecule has 3 aromatic rings. The molecule has 0 saturated carbocycles. The van der Waals surface area contributed by atoms with Crippen LogP contribution in [0.2, 0.25) is 0 Å². The van der Waals surface area contributed by atoms with Crippen molar-refractivity contribution < 1.29 is 19.0 Å². The topological polar surface area (TPSA) is 92.0 Å². The molecule has 0 saturated heterocycles. The SMILES string of the molecule is CCOC(=O)[C@@H](C)Oc1ccc(C=Nn2c(C)nc3ccc(Br)cc3c2=O)cc1OCC. The Morgan fingerprint density at radius 3 is 2.69 bits per heavy atom. The lowest BCUT2D eigenvalue weighted by Gasteiger charge is -2.16. The van der Waals surface area contributed by atoms with Gasteiger partial charge in [-0.1, -0.05) is 15.9 Å². The van der Waals surface area contributed by atoms with Crippen molar-refractivity contribution in [3.63, 3.8) is 0 Å². The van der Waals surface area contributed by atoms with E-state index in [9.17, 15) is 9.59 Å². The van der Waals surface area contributed by atoms with Crippen molar-refractivity contribution in [3.05, 3.63) is 62.6 Å². The van der Waals surface area contributed by atoms with Crippen LogP contribution in [0.4, 0.5) is 0 Å². The number of hydrogen-bond acceptors (Lipinski definition) is 7. The van der Waals surface area contributed by atoms with E-state index in [1.165, 1.54) is 4.68 Å². The Balaban J connectivity index is 1.91. The van der Waals surface area contributed by atoms with Crippen LogP contribution in [-0.4, -0.2) is 41.2 Å². The van der Waals surface area contributed by atoms with Gasteiger partial charge in [0.25, 0.3) is 5.56 Å². The van der Waals surface area contributed by atoms with Crippen LogP contribution in [0.3, 0.4) is 0 Å². The fourth-order valence-electron chi connectivity index (χ4n) is 2.99. The van der Waals surface area contributed by atoms with Gasteiger partial charge in [0.05, 0.1) is 30.3 Å². The Kier molecular flexibility index (Phi) is 7.63. The first-order valence-corrected chi connectivity index (χ1v) is 11.0. The zero-order chi connectivity index (χ0) is 23.3. The highest BCUT2D eigenvalue weighted by atomic mass is 79.9. The highest BCUT2D eigenvalue weighted by molar-refractivity contribution is 9.10. The van der Waals surface area contributed by atoms with Crippen molar-refractivity contribution in [1.82, 2.24) is 9.66 Å². The van der Waals surface area contributed by atoms with Gasteiger partial charge in [-0.05, 0) is 69.7 Å². The Labute approximate surface area is 194 Å². The molecule has 2 aromatic carbocycles. The van der Waals surface area contributed by atoms with E-state index in [0.29, 0.717) is 40.4 Å². The van der Waals surface area contributed by atoms with Crippen LogP contribution >= 0.6 is 15.9 Å². The molecule has 1 aromatic heterocycles. The summed E-state index contributed by atoms with van der Waals surface area (Å²) < 4.78 is 18.4. The maximum atomic E-state index is 12.9. The summed E-state index contributed by atoms with van der Waals surface area (Å²) in [4.78, 5) is 29.2. The smallest absolute Gasteiger partial charge is 0.347 e. The van der Waals surface area contributed by atoms with Crippen molar-refractivity contribution in [3.8, 4) is 11.5 Å². The lowest BCUT2D eigenvalue weighted by atomic mass is 10.2. The van der Waals surface area contributed by atoms with Crippen LogP contribution in [0, 0.1) is 6.92 Å². The largest absolute Gasteiger partial charge is 0.490 e. The molecule has 0 aliphatic carbocycles. The standard InChI is InChI=1S/C23H24BrN3O5/c1-5-30-21-11-16(7-10-20(21)32-14(3)23(29)31-6-2)13-25-27-15(4)26-19-9-8-17(24)12-18(19)22(27)28/h7-14H,5-6H2,1-4H3/t14-/m1/s1. The lowest BCUT2D eigenvalue weighted by Crippen LogP contribution is -2.26. The minimum atomic E-state index is -0.780. The predicted octanol–water partition coefficient (Wildman–Crippen LogP) is 4.08. The number of aromatic nitrogens is 2. The number of esters is 1. The van der Waals surface area contributed by atoms with Crippen LogP contribution < -0.4 is 15.0 Å². The molecule has 0 N–H and O–H groups in total. The maximum Gasteiger partial charge on any atom is 0.347 e. The van der Waals surface area contributed by atoms with Gasteiger partial charge in [-0.15, -0.1) is 0 Å². The van der Waals surface area contributed by atoms with Crippen molar-refractivity contribution in [2.75, 3.05) is 13.2 Å². The van der Waals surface area contributed by atoms with Crippen LogP contribution in [0.15, 0.2) is 50.8 Å². The van der Waals surface area contributed by atoms with Gasteiger partial charge in [-0.25, -0.2) is 9.78 Å². The lowest BCUT2D eigenvalue weighted by molar-refractivity contribution is -0.150. The number of benzene rings is 2. The van der Waals surface area contributed by atoms with E-state index in [2.05, 4.69) is 26.0 Å². The van der Waals surface area contributed by atoms with Crippen molar-refractivity contribution >= 4 is 39.0 Å². The summed E-state index contributed by atoms with van der Waals surface area (Å²) in [6.45, 7) is 7.61. The zero-order valence-corrected chi connectivity index (χ0v) is 19.9. The third-order valence-electron chi connectivity index (χ3n) is 4.48. The second-order valence-electron chi connectivity index (χ2n) is 6.83. The van der Waals surface area contributed by atoms with E-state index >= 15 is 0 Å². The summed E-state index contributed by atoms with van der Waals surface area (Å²) in [6, 6.07) is 10.5. The summed E-state index contributed by atoms with van der Waals surface area (Å²) in [7, 11) is 0. The Hall–Kier alpha value is -3.20. The number of ether oxygens (including phenoxy) is 3. The second kappa shape index (κ2) is 10.4. The minimum absolute atomic E-state index is 0.265. The van der Waals surface area contributed by atoms with Gasteiger partial charge in [0.2, 0.25) is 0 Å². The van der Waals surface area contributed by atoms with Crippen molar-refractivity contribution in [2.45, 2.75) is 33.8 Å². The first-order chi connectivity index (χ1) is 15.3. The van der Waals surface area contributed by atoms with Gasteiger partial charge in [-0.2, -0.15) is 9.78 Å². The summed E-state index contributed by atoms with van der Waals surface area (Å²) in [5, 5.41) is 4.80. The van der Waals surface area contributed by atoms with Gasteiger partial charge in [0, 0.05) is 4.47 Å². The summed E-state index contributed by atoms with van der Waals surface area (Å²) in [5.41, 5.74) is 1.03. The predicted molar refractivity (Wildman–Crippen MR) is 126 cm³/mol. The average Bonchev–Trinajstić information content (AvgIpc) is 2.76. The molecule has 32 heavy (non-hydrogen) atoms. The molecule has 9 heteroatoms. The molecule has 0 aliphatic heterocycles. The van der Waals surface area contributed by atoms with Gasteiger partial charge >= 0.3 is 5.97 Å².